The maximum Gasteiger partial charge on any atom is 0.248 e. The smallest absolute Gasteiger partial charge is 0.248 e. The first kappa shape index (κ1) is 24.1. The monoisotopic (exact) mass is 482 g/mol. The number of amides is 1. The highest BCUT2D eigenvalue weighted by Crippen LogP contribution is 2.28. The fourth-order valence-electron chi connectivity index (χ4n) is 4.40. The summed E-state index contributed by atoms with van der Waals surface area (Å²) in [5, 5.41) is 6.84. The summed E-state index contributed by atoms with van der Waals surface area (Å²) in [6.45, 7) is 6.89. The first-order valence-electron chi connectivity index (χ1n) is 11.4. The van der Waals surface area contributed by atoms with Gasteiger partial charge in [-0.25, -0.2) is 8.42 Å². The molecule has 1 saturated heterocycles. The lowest BCUT2D eigenvalue weighted by atomic mass is 10.0. The van der Waals surface area contributed by atoms with E-state index in [1.165, 1.54) is 4.31 Å². The minimum atomic E-state index is -3.74. The normalized spacial score (nSPS) is 16.7. The van der Waals surface area contributed by atoms with Crippen LogP contribution in [0.2, 0.25) is 0 Å². The van der Waals surface area contributed by atoms with Gasteiger partial charge in [-0.1, -0.05) is 53.2 Å². The molecule has 0 saturated carbocycles. The van der Waals surface area contributed by atoms with Gasteiger partial charge in [0.1, 0.15) is 16.6 Å². The number of carbonyl (C=O) groups excluding carboxylic acids is 1. The van der Waals surface area contributed by atoms with Crippen molar-refractivity contribution in [1.29, 1.82) is 0 Å². The zero-order valence-electron chi connectivity index (χ0n) is 19.7. The van der Waals surface area contributed by atoms with Gasteiger partial charge < -0.3 is 9.84 Å². The summed E-state index contributed by atoms with van der Waals surface area (Å²) in [6, 6.07) is 16.7. The minimum Gasteiger partial charge on any atom is -0.360 e. The van der Waals surface area contributed by atoms with Gasteiger partial charge in [-0.05, 0) is 44.9 Å². The van der Waals surface area contributed by atoms with Gasteiger partial charge in [-0.15, -0.1) is 0 Å². The van der Waals surface area contributed by atoms with Gasteiger partial charge in [0.05, 0.1) is 0 Å². The first-order valence-corrected chi connectivity index (χ1v) is 12.8. The summed E-state index contributed by atoms with van der Waals surface area (Å²) in [5.41, 5.74) is 3.08. The van der Waals surface area contributed by atoms with Gasteiger partial charge in [0.15, 0.2) is 5.76 Å². The molecule has 8 nitrogen and oxygen atoms in total. The number of hydrogen-bond acceptors (Lipinski definition) is 6. The van der Waals surface area contributed by atoms with Crippen LogP contribution < -0.4 is 5.32 Å². The van der Waals surface area contributed by atoms with Gasteiger partial charge in [0.2, 0.25) is 15.9 Å². The molecule has 3 aromatic rings. The van der Waals surface area contributed by atoms with E-state index in [4.69, 9.17) is 4.52 Å². The predicted molar refractivity (Wildman–Crippen MR) is 130 cm³/mol. The molecule has 4 rings (SSSR count). The summed E-state index contributed by atoms with van der Waals surface area (Å²) >= 11 is 0. The summed E-state index contributed by atoms with van der Waals surface area (Å²) in [6.07, 6.45) is 0.601. The Hall–Kier alpha value is -3.01. The first-order chi connectivity index (χ1) is 16.3. The average molecular weight is 483 g/mol. The van der Waals surface area contributed by atoms with E-state index in [0.29, 0.717) is 37.5 Å². The van der Waals surface area contributed by atoms with Crippen molar-refractivity contribution >= 4 is 21.6 Å². The van der Waals surface area contributed by atoms with Crippen molar-refractivity contribution in [1.82, 2.24) is 14.4 Å². The van der Waals surface area contributed by atoms with Crippen molar-refractivity contribution in [3.63, 3.8) is 0 Å². The van der Waals surface area contributed by atoms with Crippen LogP contribution in [0.4, 0.5) is 5.69 Å². The highest BCUT2D eigenvalue weighted by Gasteiger charge is 2.35. The van der Waals surface area contributed by atoms with E-state index in [1.807, 2.05) is 61.5 Å². The molecule has 34 heavy (non-hydrogen) atoms. The topological polar surface area (TPSA) is 95.8 Å². The summed E-state index contributed by atoms with van der Waals surface area (Å²) in [4.78, 5) is 15.7. The van der Waals surface area contributed by atoms with Gasteiger partial charge >= 0.3 is 0 Å². The molecule has 1 aromatic heterocycles. The van der Waals surface area contributed by atoms with Crippen molar-refractivity contribution in [2.45, 2.75) is 38.1 Å². The van der Waals surface area contributed by atoms with Crippen molar-refractivity contribution in [3.05, 3.63) is 77.2 Å². The quantitative estimate of drug-likeness (QED) is 0.576. The van der Waals surface area contributed by atoms with E-state index < -0.39 is 16.1 Å². The van der Waals surface area contributed by atoms with E-state index in [2.05, 4.69) is 15.4 Å². The number of sulfonamides is 1. The molecule has 0 aliphatic carbocycles. The number of nitrogens with zero attached hydrogens (tertiary/aromatic N) is 3. The van der Waals surface area contributed by atoms with Gasteiger partial charge in [-0.3, -0.25) is 9.69 Å². The Morgan fingerprint density at radius 1 is 0.971 bits per heavy atom. The second-order valence-corrected chi connectivity index (χ2v) is 10.5. The standard InChI is InChI=1S/C25H30N4O4S/c1-18-10-12-22(13-11-18)26-25(30)23(21-8-5-4-6-9-21)28-14-7-15-29(17-16-28)34(31,32)24-19(2)27-33-20(24)3/h4-6,8-13,23H,7,14-17H2,1-3H3,(H,26,30). The fourth-order valence-corrected chi connectivity index (χ4v) is 6.16. The van der Waals surface area contributed by atoms with Crippen LogP contribution in [0.1, 0.15) is 35.0 Å². The van der Waals surface area contributed by atoms with Crippen molar-refractivity contribution in [2.24, 2.45) is 0 Å². The molecule has 1 N–H and O–H groups in total. The lowest BCUT2D eigenvalue weighted by Gasteiger charge is -2.30. The van der Waals surface area contributed by atoms with Crippen LogP contribution in [0.15, 0.2) is 64.0 Å². The van der Waals surface area contributed by atoms with Crippen molar-refractivity contribution < 1.29 is 17.7 Å². The van der Waals surface area contributed by atoms with Crippen LogP contribution >= 0.6 is 0 Å². The van der Waals surface area contributed by atoms with E-state index in [-0.39, 0.29) is 17.3 Å². The molecular weight excluding hydrogens is 452 g/mol. The molecule has 1 unspecified atom stereocenters. The number of rotatable bonds is 6. The molecule has 1 atom stereocenters. The lowest BCUT2D eigenvalue weighted by molar-refractivity contribution is -0.121. The van der Waals surface area contributed by atoms with E-state index >= 15 is 0 Å². The lowest BCUT2D eigenvalue weighted by Crippen LogP contribution is -2.40. The second kappa shape index (κ2) is 10.1. The summed E-state index contributed by atoms with van der Waals surface area (Å²) in [7, 11) is -3.74. The molecular formula is C25H30N4O4S. The van der Waals surface area contributed by atoms with E-state index in [9.17, 15) is 13.2 Å². The van der Waals surface area contributed by atoms with E-state index in [1.54, 1.807) is 13.8 Å². The fraction of sp³-hybridized carbons (Fsp3) is 0.360. The summed E-state index contributed by atoms with van der Waals surface area (Å²) in [5.74, 6) is 0.148. The van der Waals surface area contributed by atoms with Crippen LogP contribution in [-0.2, 0) is 14.8 Å². The van der Waals surface area contributed by atoms with E-state index in [0.717, 1.165) is 16.8 Å². The average Bonchev–Trinajstić information content (AvgIpc) is 3.00. The highest BCUT2D eigenvalue weighted by atomic mass is 32.2. The Bertz CT molecular complexity index is 1220. The van der Waals surface area contributed by atoms with Crippen LogP contribution in [0.25, 0.3) is 0 Å². The zero-order valence-corrected chi connectivity index (χ0v) is 20.5. The molecule has 1 fully saturated rings. The number of hydrogen-bond donors (Lipinski definition) is 1. The largest absolute Gasteiger partial charge is 0.360 e. The summed E-state index contributed by atoms with van der Waals surface area (Å²) < 4.78 is 33.2. The highest BCUT2D eigenvalue weighted by molar-refractivity contribution is 7.89. The Labute approximate surface area is 200 Å². The van der Waals surface area contributed by atoms with Gasteiger partial charge in [-0.2, -0.15) is 4.31 Å². The molecule has 2 heterocycles. The molecule has 0 spiro atoms. The Balaban J connectivity index is 1.57. The number of benzene rings is 2. The molecule has 9 heteroatoms. The third kappa shape index (κ3) is 5.06. The maximum absolute atomic E-state index is 13.5. The van der Waals surface area contributed by atoms with Crippen LogP contribution in [0, 0.1) is 20.8 Å². The molecule has 0 radical (unpaired) electrons. The number of nitrogens with one attached hydrogen (secondary N) is 1. The second-order valence-electron chi connectivity index (χ2n) is 8.62. The number of carbonyl (C=O) groups is 1. The van der Waals surface area contributed by atoms with Crippen molar-refractivity contribution in [3.8, 4) is 0 Å². The zero-order chi connectivity index (χ0) is 24.3. The Kier molecular flexibility index (Phi) is 7.16. The Morgan fingerprint density at radius 3 is 2.32 bits per heavy atom. The number of aromatic nitrogens is 1. The number of aryl methyl sites for hydroxylation is 3. The molecule has 1 amide bonds. The van der Waals surface area contributed by atoms with Crippen LogP contribution in [0.5, 0.6) is 0 Å². The molecule has 0 bridgehead atoms. The van der Waals surface area contributed by atoms with Gasteiger partial charge in [0.25, 0.3) is 0 Å². The molecule has 1 aliphatic rings. The third-order valence-corrected chi connectivity index (χ3v) is 8.25. The SMILES string of the molecule is Cc1ccc(NC(=O)C(c2ccccc2)N2CCCN(S(=O)(=O)c3c(C)noc3C)CC2)cc1. The van der Waals surface area contributed by atoms with Crippen LogP contribution in [-0.4, -0.2) is 54.9 Å². The van der Waals surface area contributed by atoms with Crippen LogP contribution in [0.3, 0.4) is 0 Å². The number of anilines is 1. The molecule has 1 aliphatic heterocycles. The maximum atomic E-state index is 13.5. The van der Waals surface area contributed by atoms with Crippen molar-refractivity contribution in [2.75, 3.05) is 31.5 Å². The Morgan fingerprint density at radius 2 is 1.68 bits per heavy atom. The predicted octanol–water partition coefficient (Wildman–Crippen LogP) is 3.68. The van der Waals surface area contributed by atoms with Gasteiger partial charge in [0, 0.05) is 31.9 Å². The third-order valence-electron chi connectivity index (χ3n) is 6.10. The minimum absolute atomic E-state index is 0.137. The molecule has 2 aromatic carbocycles. The molecule has 180 valence electrons.